The van der Waals surface area contributed by atoms with Crippen molar-refractivity contribution >= 4 is 16.9 Å². The molecule has 0 aromatic carbocycles. The number of fused-ring (bicyclic) bond motifs is 1. The Morgan fingerprint density at radius 3 is 2.88 bits per heavy atom. The first-order valence-electron chi connectivity index (χ1n) is 5.24. The van der Waals surface area contributed by atoms with E-state index in [0.29, 0.717) is 5.69 Å². The number of hydrogen-bond donors (Lipinski definition) is 1. The second kappa shape index (κ2) is 3.55. The maximum Gasteiger partial charge on any atom is 0.159 e. The van der Waals surface area contributed by atoms with Crippen LogP contribution in [0.5, 0.6) is 0 Å². The van der Waals surface area contributed by atoms with Crippen LogP contribution in [-0.4, -0.2) is 19.5 Å². The number of aromatic nitrogens is 4. The predicted octanol–water partition coefficient (Wildman–Crippen LogP) is 1.61. The van der Waals surface area contributed by atoms with Crippen molar-refractivity contribution in [1.29, 1.82) is 0 Å². The number of anilines is 1. The quantitative estimate of drug-likeness (QED) is 0.683. The molecule has 0 aliphatic rings. The third kappa shape index (κ3) is 1.44. The maximum absolute atomic E-state index is 5.91. The van der Waals surface area contributed by atoms with Crippen LogP contribution in [0, 0.1) is 0 Å². The van der Waals surface area contributed by atoms with Gasteiger partial charge in [-0.25, -0.2) is 9.97 Å². The van der Waals surface area contributed by atoms with Crippen molar-refractivity contribution in [3.8, 4) is 11.4 Å². The van der Waals surface area contributed by atoms with Crippen LogP contribution < -0.4 is 5.73 Å². The number of hydrogen-bond acceptors (Lipinski definition) is 4. The molecule has 84 valence electrons. The summed E-state index contributed by atoms with van der Waals surface area (Å²) in [4.78, 5) is 12.8. The summed E-state index contributed by atoms with van der Waals surface area (Å²) in [5, 5.41) is 0. The number of pyridine rings is 2. The third-order valence-corrected chi connectivity index (χ3v) is 2.72. The van der Waals surface area contributed by atoms with Crippen molar-refractivity contribution in [3.63, 3.8) is 0 Å². The zero-order valence-corrected chi connectivity index (χ0v) is 9.33. The molecule has 0 aliphatic heterocycles. The number of nitrogen functional groups attached to an aromatic ring is 1. The SMILES string of the molecule is Cn1c(-c2ccncc2N)nc2cccnc21. The zero-order chi connectivity index (χ0) is 11.8. The van der Waals surface area contributed by atoms with Gasteiger partial charge in [-0.3, -0.25) is 4.98 Å². The van der Waals surface area contributed by atoms with Gasteiger partial charge in [0.1, 0.15) is 11.3 Å². The summed E-state index contributed by atoms with van der Waals surface area (Å²) in [5.74, 6) is 0.804. The summed E-state index contributed by atoms with van der Waals surface area (Å²) in [6.07, 6.45) is 5.09. The Labute approximate surface area is 98.0 Å². The van der Waals surface area contributed by atoms with Crippen LogP contribution in [0.2, 0.25) is 0 Å². The summed E-state index contributed by atoms with van der Waals surface area (Å²) < 4.78 is 1.93. The van der Waals surface area contributed by atoms with Gasteiger partial charge in [0.05, 0.1) is 11.9 Å². The minimum absolute atomic E-state index is 0.617. The summed E-state index contributed by atoms with van der Waals surface area (Å²) in [5.41, 5.74) is 9.11. The topological polar surface area (TPSA) is 69.6 Å². The minimum atomic E-state index is 0.617. The van der Waals surface area contributed by atoms with E-state index in [2.05, 4.69) is 15.0 Å². The Balaban J connectivity index is 2.32. The molecule has 0 aliphatic carbocycles. The van der Waals surface area contributed by atoms with Gasteiger partial charge < -0.3 is 10.3 Å². The third-order valence-electron chi connectivity index (χ3n) is 2.72. The molecule has 0 saturated heterocycles. The molecule has 2 N–H and O–H groups in total. The van der Waals surface area contributed by atoms with E-state index >= 15 is 0 Å². The molecule has 5 nitrogen and oxygen atoms in total. The number of imidazole rings is 1. The molecule has 0 amide bonds. The van der Waals surface area contributed by atoms with Gasteiger partial charge in [0, 0.05) is 25.0 Å². The molecule has 0 atom stereocenters. The normalized spacial score (nSPS) is 10.9. The average molecular weight is 225 g/mol. The fraction of sp³-hybridized carbons (Fsp3) is 0.0833. The highest BCUT2D eigenvalue weighted by molar-refractivity contribution is 5.80. The molecule has 3 rings (SSSR count). The fourth-order valence-corrected chi connectivity index (χ4v) is 1.87. The van der Waals surface area contributed by atoms with Crippen LogP contribution >= 0.6 is 0 Å². The molecule has 17 heavy (non-hydrogen) atoms. The summed E-state index contributed by atoms with van der Waals surface area (Å²) >= 11 is 0. The Morgan fingerprint density at radius 2 is 2.12 bits per heavy atom. The van der Waals surface area contributed by atoms with Gasteiger partial charge in [-0.2, -0.15) is 0 Å². The van der Waals surface area contributed by atoms with Gasteiger partial charge in [-0.1, -0.05) is 0 Å². The second-order valence-electron chi connectivity index (χ2n) is 3.80. The van der Waals surface area contributed by atoms with E-state index in [4.69, 9.17) is 5.73 Å². The van der Waals surface area contributed by atoms with E-state index in [1.165, 1.54) is 0 Å². The van der Waals surface area contributed by atoms with Crippen molar-refractivity contribution in [2.24, 2.45) is 7.05 Å². The molecule has 3 aromatic heterocycles. The van der Waals surface area contributed by atoms with Gasteiger partial charge in [-0.15, -0.1) is 0 Å². The van der Waals surface area contributed by atoms with E-state index in [-0.39, 0.29) is 0 Å². The Bertz CT molecular complexity index is 686. The summed E-state index contributed by atoms with van der Waals surface area (Å²) in [6.45, 7) is 0. The Morgan fingerprint density at radius 1 is 1.24 bits per heavy atom. The number of nitrogens with two attached hydrogens (primary N) is 1. The number of nitrogens with zero attached hydrogens (tertiary/aromatic N) is 4. The van der Waals surface area contributed by atoms with Gasteiger partial charge in [0.15, 0.2) is 5.65 Å². The van der Waals surface area contributed by atoms with Crippen molar-refractivity contribution < 1.29 is 0 Å². The highest BCUT2D eigenvalue weighted by Gasteiger charge is 2.12. The number of rotatable bonds is 1. The molecular weight excluding hydrogens is 214 g/mol. The standard InChI is InChI=1S/C12H11N5/c1-17-11(8-4-6-14-7-9(8)13)16-10-3-2-5-15-12(10)17/h2-7H,13H2,1H3. The average Bonchev–Trinajstić information content (AvgIpc) is 2.68. The van der Waals surface area contributed by atoms with Gasteiger partial charge >= 0.3 is 0 Å². The molecule has 0 spiro atoms. The molecule has 0 saturated carbocycles. The lowest BCUT2D eigenvalue weighted by atomic mass is 10.2. The number of aryl methyl sites for hydroxylation is 1. The fourth-order valence-electron chi connectivity index (χ4n) is 1.87. The summed E-state index contributed by atoms with van der Waals surface area (Å²) in [7, 11) is 1.93. The predicted molar refractivity (Wildman–Crippen MR) is 66.2 cm³/mol. The van der Waals surface area contributed by atoms with E-state index in [9.17, 15) is 0 Å². The van der Waals surface area contributed by atoms with Crippen LogP contribution in [0.1, 0.15) is 0 Å². The van der Waals surface area contributed by atoms with Crippen molar-refractivity contribution in [1.82, 2.24) is 19.5 Å². The Kier molecular flexibility index (Phi) is 2.04. The lowest BCUT2D eigenvalue weighted by Crippen LogP contribution is -1.97. The monoisotopic (exact) mass is 225 g/mol. The first kappa shape index (κ1) is 9.77. The van der Waals surface area contributed by atoms with E-state index in [1.807, 2.05) is 29.8 Å². The minimum Gasteiger partial charge on any atom is -0.397 e. The lowest BCUT2D eigenvalue weighted by molar-refractivity contribution is 0.942. The zero-order valence-electron chi connectivity index (χ0n) is 9.33. The highest BCUT2D eigenvalue weighted by atomic mass is 15.1. The van der Waals surface area contributed by atoms with E-state index in [1.54, 1.807) is 18.6 Å². The highest BCUT2D eigenvalue weighted by Crippen LogP contribution is 2.25. The summed E-state index contributed by atoms with van der Waals surface area (Å²) in [6, 6.07) is 5.66. The molecule has 3 heterocycles. The smallest absolute Gasteiger partial charge is 0.159 e. The maximum atomic E-state index is 5.91. The van der Waals surface area contributed by atoms with E-state index in [0.717, 1.165) is 22.6 Å². The van der Waals surface area contributed by atoms with Crippen LogP contribution in [0.25, 0.3) is 22.6 Å². The van der Waals surface area contributed by atoms with Crippen molar-refractivity contribution in [2.75, 3.05) is 5.73 Å². The van der Waals surface area contributed by atoms with Crippen molar-refractivity contribution in [2.45, 2.75) is 0 Å². The molecule has 5 heteroatoms. The van der Waals surface area contributed by atoms with Crippen LogP contribution in [0.15, 0.2) is 36.8 Å². The van der Waals surface area contributed by atoms with Gasteiger partial charge in [0.25, 0.3) is 0 Å². The van der Waals surface area contributed by atoms with Gasteiger partial charge in [-0.05, 0) is 18.2 Å². The first-order chi connectivity index (χ1) is 8.27. The van der Waals surface area contributed by atoms with E-state index < -0.39 is 0 Å². The van der Waals surface area contributed by atoms with Crippen molar-refractivity contribution in [3.05, 3.63) is 36.8 Å². The second-order valence-corrected chi connectivity index (χ2v) is 3.80. The van der Waals surface area contributed by atoms with Crippen LogP contribution in [-0.2, 0) is 7.05 Å². The van der Waals surface area contributed by atoms with Crippen LogP contribution in [0.3, 0.4) is 0 Å². The molecular formula is C12H11N5. The molecule has 0 fully saturated rings. The largest absolute Gasteiger partial charge is 0.397 e. The van der Waals surface area contributed by atoms with Crippen LogP contribution in [0.4, 0.5) is 5.69 Å². The molecule has 0 unspecified atom stereocenters. The molecule has 3 aromatic rings. The first-order valence-corrected chi connectivity index (χ1v) is 5.24. The molecule has 0 bridgehead atoms. The van der Waals surface area contributed by atoms with Gasteiger partial charge in [0.2, 0.25) is 0 Å². The Hall–Kier alpha value is -2.43. The lowest BCUT2D eigenvalue weighted by Gasteiger charge is -2.04. The molecule has 0 radical (unpaired) electrons.